The number of benzene rings is 2. The lowest BCUT2D eigenvalue weighted by Gasteiger charge is -2.27. The number of hydrogen-bond acceptors (Lipinski definition) is 5. The lowest BCUT2D eigenvalue weighted by Crippen LogP contribution is -2.31. The molecule has 4 rings (SSSR count). The second-order valence-corrected chi connectivity index (χ2v) is 8.01. The van der Waals surface area contributed by atoms with Gasteiger partial charge >= 0.3 is 0 Å². The van der Waals surface area contributed by atoms with E-state index in [9.17, 15) is 14.7 Å². The molecule has 2 heterocycles. The van der Waals surface area contributed by atoms with Gasteiger partial charge in [0.25, 0.3) is 5.91 Å². The molecule has 152 valence electrons. The monoisotopic (exact) mass is 439 g/mol. The standard InChI is InChI=1S/C23H18ClNO4S/c1-2-29-17-6-3-5-14(13-17)20-19(21(26)18-7-4-12-30-18)22(27)23(28)25(20)16-10-8-15(24)9-11-16/h3-13,20,27H,2H2,1H3. The van der Waals surface area contributed by atoms with E-state index in [0.29, 0.717) is 33.5 Å². The number of thiophene rings is 1. The normalized spacial score (nSPS) is 16.3. The predicted molar refractivity (Wildman–Crippen MR) is 118 cm³/mol. The number of ketones is 1. The number of aliphatic hydroxyl groups excluding tert-OH is 1. The summed E-state index contributed by atoms with van der Waals surface area (Å²) in [6, 6.07) is 16.5. The number of ether oxygens (including phenoxy) is 1. The summed E-state index contributed by atoms with van der Waals surface area (Å²) < 4.78 is 5.60. The smallest absolute Gasteiger partial charge is 0.294 e. The fourth-order valence-corrected chi connectivity index (χ4v) is 4.31. The van der Waals surface area contributed by atoms with Gasteiger partial charge < -0.3 is 9.84 Å². The van der Waals surface area contributed by atoms with Crippen LogP contribution in [0.2, 0.25) is 5.02 Å². The fourth-order valence-electron chi connectivity index (χ4n) is 3.50. The highest BCUT2D eigenvalue weighted by molar-refractivity contribution is 7.12. The molecule has 1 unspecified atom stereocenters. The van der Waals surface area contributed by atoms with E-state index in [4.69, 9.17) is 16.3 Å². The summed E-state index contributed by atoms with van der Waals surface area (Å²) in [7, 11) is 0. The minimum absolute atomic E-state index is 0.0473. The topological polar surface area (TPSA) is 66.8 Å². The zero-order valence-electron chi connectivity index (χ0n) is 16.0. The predicted octanol–water partition coefficient (Wildman–Crippen LogP) is 5.58. The van der Waals surface area contributed by atoms with Crippen molar-refractivity contribution in [3.05, 3.63) is 92.8 Å². The van der Waals surface area contributed by atoms with Crippen LogP contribution in [-0.2, 0) is 4.79 Å². The average Bonchev–Trinajstić information content (AvgIpc) is 3.37. The van der Waals surface area contributed by atoms with Crippen LogP contribution in [0.25, 0.3) is 0 Å². The van der Waals surface area contributed by atoms with Crippen molar-refractivity contribution in [1.29, 1.82) is 0 Å². The first-order chi connectivity index (χ1) is 14.5. The number of hydrogen-bond donors (Lipinski definition) is 1. The average molecular weight is 440 g/mol. The van der Waals surface area contributed by atoms with E-state index in [1.54, 1.807) is 60.0 Å². The third kappa shape index (κ3) is 3.60. The molecular formula is C23H18ClNO4S. The Kier molecular flexibility index (Phi) is 5.61. The molecule has 0 fully saturated rings. The van der Waals surface area contributed by atoms with Gasteiger partial charge in [-0.25, -0.2) is 0 Å². The van der Waals surface area contributed by atoms with Crippen LogP contribution in [0, 0.1) is 0 Å². The Morgan fingerprint density at radius 3 is 2.60 bits per heavy atom. The molecule has 1 amide bonds. The molecule has 0 aliphatic carbocycles. The van der Waals surface area contributed by atoms with Gasteiger partial charge in [0.2, 0.25) is 5.78 Å². The number of nitrogens with zero attached hydrogens (tertiary/aromatic N) is 1. The Labute approximate surface area is 182 Å². The third-order valence-electron chi connectivity index (χ3n) is 4.79. The van der Waals surface area contributed by atoms with Gasteiger partial charge in [-0.1, -0.05) is 29.8 Å². The summed E-state index contributed by atoms with van der Waals surface area (Å²) in [5.74, 6) is -0.939. The first kappa shape index (κ1) is 20.2. The van der Waals surface area contributed by atoms with E-state index >= 15 is 0 Å². The number of anilines is 1. The largest absolute Gasteiger partial charge is 0.503 e. The van der Waals surface area contributed by atoms with Crippen LogP contribution in [-0.4, -0.2) is 23.4 Å². The van der Waals surface area contributed by atoms with Crippen molar-refractivity contribution < 1.29 is 19.4 Å². The van der Waals surface area contributed by atoms with Gasteiger partial charge in [-0.15, -0.1) is 11.3 Å². The number of rotatable bonds is 6. The molecule has 1 N–H and O–H groups in total. The molecule has 1 aliphatic heterocycles. The van der Waals surface area contributed by atoms with Gasteiger partial charge in [-0.05, 0) is 60.3 Å². The zero-order chi connectivity index (χ0) is 21.3. The first-order valence-electron chi connectivity index (χ1n) is 9.34. The Morgan fingerprint density at radius 1 is 1.17 bits per heavy atom. The van der Waals surface area contributed by atoms with Gasteiger partial charge in [-0.3, -0.25) is 14.5 Å². The fraction of sp³-hybridized carbons (Fsp3) is 0.130. The SMILES string of the molecule is CCOc1cccc(C2C(C(=O)c3cccs3)=C(O)C(=O)N2c2ccc(Cl)cc2)c1. The first-order valence-corrected chi connectivity index (χ1v) is 10.6. The molecule has 30 heavy (non-hydrogen) atoms. The molecule has 0 saturated heterocycles. The van der Waals surface area contributed by atoms with E-state index < -0.39 is 17.7 Å². The second-order valence-electron chi connectivity index (χ2n) is 6.63. The number of Topliss-reactive ketones (excluding diaryl/α,β-unsaturated/α-hetero) is 1. The maximum absolute atomic E-state index is 13.3. The van der Waals surface area contributed by atoms with E-state index in [2.05, 4.69) is 0 Å². The van der Waals surface area contributed by atoms with Crippen molar-refractivity contribution in [3.8, 4) is 5.75 Å². The highest BCUT2D eigenvalue weighted by Gasteiger charge is 2.44. The van der Waals surface area contributed by atoms with Crippen molar-refractivity contribution in [2.24, 2.45) is 0 Å². The Hall–Kier alpha value is -3.09. The number of amides is 1. The van der Waals surface area contributed by atoms with E-state index in [0.717, 1.165) is 0 Å². The second kappa shape index (κ2) is 8.34. The van der Waals surface area contributed by atoms with Crippen LogP contribution in [0.15, 0.2) is 77.4 Å². The molecule has 0 spiro atoms. The van der Waals surface area contributed by atoms with Crippen LogP contribution < -0.4 is 9.64 Å². The molecule has 3 aromatic rings. The van der Waals surface area contributed by atoms with Gasteiger partial charge in [-0.2, -0.15) is 0 Å². The molecular weight excluding hydrogens is 422 g/mol. The van der Waals surface area contributed by atoms with Crippen LogP contribution in [0.1, 0.15) is 28.2 Å². The highest BCUT2D eigenvalue weighted by Crippen LogP contribution is 2.43. The van der Waals surface area contributed by atoms with Crippen molar-refractivity contribution in [2.75, 3.05) is 11.5 Å². The molecule has 1 aliphatic rings. The molecule has 0 radical (unpaired) electrons. The van der Waals surface area contributed by atoms with Crippen molar-refractivity contribution in [3.63, 3.8) is 0 Å². The summed E-state index contributed by atoms with van der Waals surface area (Å²) in [6.45, 7) is 2.36. The summed E-state index contributed by atoms with van der Waals surface area (Å²) in [5, 5.41) is 13.0. The van der Waals surface area contributed by atoms with Crippen LogP contribution in [0.4, 0.5) is 5.69 Å². The number of carbonyl (C=O) groups is 2. The van der Waals surface area contributed by atoms with Crippen molar-refractivity contribution >= 4 is 40.3 Å². The molecule has 5 nitrogen and oxygen atoms in total. The van der Waals surface area contributed by atoms with E-state index in [1.165, 1.54) is 16.2 Å². The van der Waals surface area contributed by atoms with Crippen LogP contribution >= 0.6 is 22.9 Å². The molecule has 7 heteroatoms. The van der Waals surface area contributed by atoms with E-state index in [1.807, 2.05) is 13.0 Å². The number of carbonyl (C=O) groups excluding carboxylic acids is 2. The Balaban J connectivity index is 1.87. The summed E-state index contributed by atoms with van der Waals surface area (Å²) in [6.07, 6.45) is 0. The Bertz CT molecular complexity index is 1120. The number of aliphatic hydroxyl groups is 1. The molecule has 0 saturated carbocycles. The zero-order valence-corrected chi connectivity index (χ0v) is 17.6. The Morgan fingerprint density at radius 2 is 1.93 bits per heavy atom. The van der Waals surface area contributed by atoms with Crippen molar-refractivity contribution in [1.82, 2.24) is 0 Å². The lowest BCUT2D eigenvalue weighted by atomic mass is 9.95. The molecule has 1 aromatic heterocycles. The lowest BCUT2D eigenvalue weighted by molar-refractivity contribution is -0.117. The molecule has 2 aromatic carbocycles. The van der Waals surface area contributed by atoms with Gasteiger partial charge in [0.1, 0.15) is 5.75 Å². The summed E-state index contributed by atoms with van der Waals surface area (Å²) in [4.78, 5) is 28.2. The van der Waals surface area contributed by atoms with E-state index in [-0.39, 0.29) is 11.4 Å². The minimum atomic E-state index is -0.798. The summed E-state index contributed by atoms with van der Waals surface area (Å²) >= 11 is 7.27. The van der Waals surface area contributed by atoms with Gasteiger partial charge in [0, 0.05) is 10.7 Å². The highest BCUT2D eigenvalue weighted by atomic mass is 35.5. The maximum Gasteiger partial charge on any atom is 0.294 e. The number of halogens is 1. The quantitative estimate of drug-likeness (QED) is 0.509. The van der Waals surface area contributed by atoms with Gasteiger partial charge in [0.05, 0.1) is 23.1 Å². The minimum Gasteiger partial charge on any atom is -0.503 e. The van der Waals surface area contributed by atoms with Crippen LogP contribution in [0.3, 0.4) is 0 Å². The van der Waals surface area contributed by atoms with Gasteiger partial charge in [0.15, 0.2) is 5.76 Å². The maximum atomic E-state index is 13.3. The molecule has 0 bridgehead atoms. The third-order valence-corrected chi connectivity index (χ3v) is 5.91. The molecule has 1 atom stereocenters. The van der Waals surface area contributed by atoms with Crippen LogP contribution in [0.5, 0.6) is 5.75 Å². The van der Waals surface area contributed by atoms with Crippen molar-refractivity contribution in [2.45, 2.75) is 13.0 Å². The summed E-state index contributed by atoms with van der Waals surface area (Å²) in [5.41, 5.74) is 1.23.